The van der Waals surface area contributed by atoms with Crippen LogP contribution in [0.3, 0.4) is 0 Å². The topological polar surface area (TPSA) is 92.6 Å². The lowest BCUT2D eigenvalue weighted by molar-refractivity contribution is -0.387. The van der Waals surface area contributed by atoms with Gasteiger partial charge in [0.2, 0.25) is 10.0 Å². The number of hydrogen-bond acceptors (Lipinski definition) is 5. The van der Waals surface area contributed by atoms with E-state index >= 15 is 0 Å². The summed E-state index contributed by atoms with van der Waals surface area (Å²) in [7, 11) is -0.713. The molecule has 21 heavy (non-hydrogen) atoms. The highest BCUT2D eigenvalue weighted by Crippen LogP contribution is 2.35. The smallest absolute Gasteiger partial charge is 0.289 e. The maximum absolute atomic E-state index is 12.6. The Labute approximate surface area is 127 Å². The maximum Gasteiger partial charge on any atom is 0.289 e. The van der Waals surface area contributed by atoms with Gasteiger partial charge in [0.25, 0.3) is 5.69 Å². The predicted octanol–water partition coefficient (Wildman–Crippen LogP) is 1.58. The molecule has 0 radical (unpaired) electrons. The minimum atomic E-state index is -3.82. The van der Waals surface area contributed by atoms with E-state index in [9.17, 15) is 18.5 Å². The van der Waals surface area contributed by atoms with E-state index in [2.05, 4.69) is 14.0 Å². The van der Waals surface area contributed by atoms with Crippen molar-refractivity contribution >= 4 is 33.1 Å². The molecule has 1 fully saturated rings. The summed E-state index contributed by atoms with van der Waals surface area (Å²) in [5.74, 6) is 0.232. The Morgan fingerprint density at radius 1 is 1.52 bits per heavy atom. The minimum absolute atomic E-state index is 0.163. The number of nitrogens with zero attached hydrogens (tertiary/aromatic N) is 2. The van der Waals surface area contributed by atoms with E-state index in [0.717, 1.165) is 6.54 Å². The summed E-state index contributed by atoms with van der Waals surface area (Å²) >= 11 is 0. The molecule has 1 aromatic rings. The molecule has 1 aliphatic heterocycles. The van der Waals surface area contributed by atoms with Gasteiger partial charge >= 0.3 is 0 Å². The summed E-state index contributed by atoms with van der Waals surface area (Å²) in [5, 5.41) is 14.2. The molecule has 116 valence electrons. The van der Waals surface area contributed by atoms with Crippen LogP contribution in [0.5, 0.6) is 0 Å². The SMILES string of the molecule is CC1C(CNPP)CN1S(=O)(=O)c1ccccc1[N+](=O)[O-]. The summed E-state index contributed by atoms with van der Waals surface area (Å²) in [6, 6.07) is 5.30. The van der Waals surface area contributed by atoms with Crippen molar-refractivity contribution in [3.8, 4) is 0 Å². The summed E-state index contributed by atoms with van der Waals surface area (Å²) in [4.78, 5) is 10.1. The van der Waals surface area contributed by atoms with Crippen molar-refractivity contribution in [2.24, 2.45) is 5.92 Å². The van der Waals surface area contributed by atoms with Crippen molar-refractivity contribution in [1.29, 1.82) is 0 Å². The van der Waals surface area contributed by atoms with E-state index in [1.165, 1.54) is 28.6 Å². The van der Waals surface area contributed by atoms with Crippen LogP contribution in [0.1, 0.15) is 6.92 Å². The Balaban J connectivity index is 2.23. The van der Waals surface area contributed by atoms with Gasteiger partial charge in [0.15, 0.2) is 4.90 Å². The summed E-state index contributed by atoms with van der Waals surface area (Å²) < 4.78 is 26.5. The van der Waals surface area contributed by atoms with E-state index in [0.29, 0.717) is 15.0 Å². The van der Waals surface area contributed by atoms with Crippen LogP contribution in [-0.4, -0.2) is 36.8 Å². The van der Waals surface area contributed by atoms with Crippen molar-refractivity contribution in [3.05, 3.63) is 34.4 Å². The fourth-order valence-electron chi connectivity index (χ4n) is 2.34. The van der Waals surface area contributed by atoms with Crippen LogP contribution in [-0.2, 0) is 10.0 Å². The van der Waals surface area contributed by atoms with Gasteiger partial charge in [0, 0.05) is 31.1 Å². The fraction of sp³-hybridized carbons (Fsp3) is 0.455. The standard InChI is InChI=1S/C11H17N3O4P2S/c1-8-9(6-12-20-19)7-13(8)21(17,18)11-5-3-2-4-10(11)14(15)16/h2-5,8-9,12,20H,6-7,19H2,1H3. The molecule has 0 bridgehead atoms. The first-order valence-corrected chi connectivity index (χ1v) is 10.6. The summed E-state index contributed by atoms with van der Waals surface area (Å²) in [6.45, 7) is 2.96. The quantitative estimate of drug-likeness (QED) is 0.478. The van der Waals surface area contributed by atoms with Crippen LogP contribution >= 0.6 is 17.3 Å². The molecule has 0 aliphatic carbocycles. The second-order valence-electron chi connectivity index (χ2n) is 4.83. The number of sulfonamides is 1. The van der Waals surface area contributed by atoms with Gasteiger partial charge in [0.05, 0.1) is 4.92 Å². The first-order chi connectivity index (χ1) is 9.89. The zero-order valence-corrected chi connectivity index (χ0v) is 14.4. The average molecular weight is 349 g/mol. The Bertz CT molecular complexity index is 640. The Morgan fingerprint density at radius 2 is 2.19 bits per heavy atom. The number of benzene rings is 1. The second kappa shape index (κ2) is 6.63. The third-order valence-corrected chi connectivity index (χ3v) is 6.69. The molecule has 1 N–H and O–H groups in total. The molecule has 1 aromatic carbocycles. The molecule has 0 aromatic heterocycles. The highest BCUT2D eigenvalue weighted by Gasteiger charge is 2.45. The Kier molecular flexibility index (Phi) is 5.28. The molecule has 7 nitrogen and oxygen atoms in total. The number of nitrogens with one attached hydrogen (secondary N) is 1. The van der Waals surface area contributed by atoms with Gasteiger partial charge < -0.3 is 0 Å². The van der Waals surface area contributed by atoms with Crippen LogP contribution in [0.4, 0.5) is 5.69 Å². The molecular formula is C11H17N3O4P2S. The van der Waals surface area contributed by atoms with Gasteiger partial charge in [-0.25, -0.2) is 8.42 Å². The number of nitro benzene ring substituents is 1. The normalized spacial score (nSPS) is 23.3. The van der Waals surface area contributed by atoms with Crippen LogP contribution in [0, 0.1) is 16.0 Å². The largest absolute Gasteiger partial charge is 0.295 e. The number of rotatable bonds is 6. The monoisotopic (exact) mass is 349 g/mol. The molecule has 1 saturated heterocycles. The maximum atomic E-state index is 12.6. The molecule has 1 heterocycles. The molecule has 4 atom stereocenters. The highest BCUT2D eigenvalue weighted by molar-refractivity contribution is 8.01. The molecule has 4 unspecified atom stereocenters. The molecular weight excluding hydrogens is 332 g/mol. The fourth-order valence-corrected chi connectivity index (χ4v) is 4.98. The first-order valence-electron chi connectivity index (χ1n) is 6.33. The molecule has 2 rings (SSSR count). The molecule has 0 spiro atoms. The van der Waals surface area contributed by atoms with Crippen molar-refractivity contribution < 1.29 is 13.3 Å². The lowest BCUT2D eigenvalue weighted by atomic mass is 9.94. The lowest BCUT2D eigenvalue weighted by Crippen LogP contribution is -2.59. The Hall–Kier alpha value is -0.650. The summed E-state index contributed by atoms with van der Waals surface area (Å²) in [6.07, 6.45) is 0. The summed E-state index contributed by atoms with van der Waals surface area (Å²) in [5.41, 5.74) is -0.377. The highest BCUT2D eigenvalue weighted by atomic mass is 32.2. The first kappa shape index (κ1) is 16.7. The van der Waals surface area contributed by atoms with Crippen LogP contribution in [0.2, 0.25) is 0 Å². The molecule has 0 saturated carbocycles. The van der Waals surface area contributed by atoms with Gasteiger partial charge in [0.1, 0.15) is 0 Å². The van der Waals surface area contributed by atoms with Crippen molar-refractivity contribution in [2.45, 2.75) is 17.9 Å². The molecule has 10 heteroatoms. The van der Waals surface area contributed by atoms with Gasteiger partial charge in [-0.15, -0.1) is 0 Å². The van der Waals surface area contributed by atoms with Crippen LogP contribution in [0.25, 0.3) is 0 Å². The second-order valence-corrected chi connectivity index (χ2v) is 8.19. The van der Waals surface area contributed by atoms with Gasteiger partial charge in [-0.2, -0.15) is 4.31 Å². The van der Waals surface area contributed by atoms with E-state index in [1.807, 2.05) is 6.92 Å². The van der Waals surface area contributed by atoms with Crippen LogP contribution < -0.4 is 5.09 Å². The number of nitro groups is 1. The Morgan fingerprint density at radius 3 is 2.76 bits per heavy atom. The van der Waals surface area contributed by atoms with Gasteiger partial charge in [-0.05, 0) is 21.4 Å². The van der Waals surface area contributed by atoms with Gasteiger partial charge in [-0.1, -0.05) is 21.1 Å². The van der Waals surface area contributed by atoms with E-state index in [1.54, 1.807) is 0 Å². The molecule has 0 amide bonds. The number of para-hydroxylation sites is 1. The minimum Gasteiger partial charge on any atom is -0.295 e. The van der Waals surface area contributed by atoms with Crippen LogP contribution in [0.15, 0.2) is 29.2 Å². The van der Waals surface area contributed by atoms with E-state index < -0.39 is 14.9 Å². The predicted molar refractivity (Wildman–Crippen MR) is 86.0 cm³/mol. The third-order valence-electron chi connectivity index (χ3n) is 3.67. The van der Waals surface area contributed by atoms with E-state index in [-0.39, 0.29) is 22.5 Å². The van der Waals surface area contributed by atoms with Crippen molar-refractivity contribution in [2.75, 3.05) is 13.1 Å². The van der Waals surface area contributed by atoms with E-state index in [4.69, 9.17) is 0 Å². The zero-order valence-electron chi connectivity index (χ0n) is 11.4. The lowest BCUT2D eigenvalue weighted by Gasteiger charge is -2.45. The molecule has 1 aliphatic rings. The van der Waals surface area contributed by atoms with Crippen molar-refractivity contribution in [3.63, 3.8) is 0 Å². The van der Waals surface area contributed by atoms with Crippen molar-refractivity contribution in [1.82, 2.24) is 9.39 Å². The third kappa shape index (κ3) is 3.25. The van der Waals surface area contributed by atoms with Gasteiger partial charge in [-0.3, -0.25) is 15.2 Å². The number of hydrogen-bond donors (Lipinski definition) is 1. The zero-order chi connectivity index (χ0) is 15.6. The average Bonchev–Trinajstić information content (AvgIpc) is 2.45.